The van der Waals surface area contributed by atoms with Crippen LogP contribution in [0.5, 0.6) is 0 Å². The molecule has 1 saturated carbocycles. The second-order valence-corrected chi connectivity index (χ2v) is 12.2. The van der Waals surface area contributed by atoms with Gasteiger partial charge in [0.05, 0.1) is 15.9 Å². The molecule has 3 rings (SSSR count). The van der Waals surface area contributed by atoms with Crippen molar-refractivity contribution in [3.8, 4) is 0 Å². The molecule has 0 unspecified atom stereocenters. The first-order valence-electron chi connectivity index (χ1n) is 10.4. The zero-order chi connectivity index (χ0) is 20.9. The van der Waals surface area contributed by atoms with Crippen LogP contribution in [0.3, 0.4) is 0 Å². The van der Waals surface area contributed by atoms with Gasteiger partial charge in [-0.3, -0.25) is 4.79 Å². The molecule has 162 valence electrons. The first kappa shape index (κ1) is 22.2. The van der Waals surface area contributed by atoms with E-state index in [9.17, 15) is 21.6 Å². The Hall–Kier alpha value is -1.45. The van der Waals surface area contributed by atoms with Gasteiger partial charge < -0.3 is 5.32 Å². The smallest absolute Gasteiger partial charge is 0.243 e. The molecule has 29 heavy (non-hydrogen) atoms. The average Bonchev–Trinajstić information content (AvgIpc) is 3.28. The molecule has 9 heteroatoms. The summed E-state index contributed by atoms with van der Waals surface area (Å²) < 4.78 is 51.3. The number of piperidine rings is 1. The summed E-state index contributed by atoms with van der Waals surface area (Å²) in [6, 6.07) is 6.50. The molecule has 0 atom stereocenters. The normalized spacial score (nSPS) is 19.3. The summed E-state index contributed by atoms with van der Waals surface area (Å²) in [5.74, 6) is -0.423. The maximum absolute atomic E-state index is 12.7. The van der Waals surface area contributed by atoms with E-state index in [4.69, 9.17) is 0 Å². The Morgan fingerprint density at radius 3 is 2.17 bits per heavy atom. The number of carbonyl (C=O) groups excluding carboxylic acids is 1. The minimum atomic E-state index is -3.46. The number of rotatable bonds is 8. The molecule has 0 bridgehead atoms. The molecule has 2 fully saturated rings. The third-order valence-electron chi connectivity index (χ3n) is 5.79. The summed E-state index contributed by atoms with van der Waals surface area (Å²) >= 11 is 0. The van der Waals surface area contributed by atoms with Crippen LogP contribution in [0.4, 0.5) is 0 Å². The fraction of sp³-hybridized carbons (Fsp3) is 0.650. The van der Waals surface area contributed by atoms with Gasteiger partial charge in [0.25, 0.3) is 0 Å². The number of nitrogens with zero attached hydrogens (tertiary/aromatic N) is 1. The summed E-state index contributed by atoms with van der Waals surface area (Å²) in [7, 11) is -6.67. The zero-order valence-electron chi connectivity index (χ0n) is 16.7. The van der Waals surface area contributed by atoms with Crippen molar-refractivity contribution < 1.29 is 21.6 Å². The van der Waals surface area contributed by atoms with Gasteiger partial charge in [0.2, 0.25) is 15.9 Å². The predicted molar refractivity (Wildman–Crippen MR) is 112 cm³/mol. The summed E-state index contributed by atoms with van der Waals surface area (Å²) in [6.45, 7) is 1.36. The van der Waals surface area contributed by atoms with E-state index in [0.717, 1.165) is 37.7 Å². The lowest BCUT2D eigenvalue weighted by molar-refractivity contribution is -0.120. The molecule has 1 aliphatic carbocycles. The van der Waals surface area contributed by atoms with E-state index in [1.807, 2.05) is 0 Å². The second kappa shape index (κ2) is 9.57. The van der Waals surface area contributed by atoms with Crippen molar-refractivity contribution in [3.63, 3.8) is 0 Å². The van der Waals surface area contributed by atoms with Crippen LogP contribution in [0.25, 0.3) is 0 Å². The van der Waals surface area contributed by atoms with Crippen LogP contribution < -0.4 is 5.32 Å². The Kier molecular flexibility index (Phi) is 7.34. The highest BCUT2D eigenvalue weighted by Crippen LogP contribution is 2.25. The Balaban J connectivity index is 1.49. The van der Waals surface area contributed by atoms with Gasteiger partial charge in [-0.2, -0.15) is 4.31 Å². The maximum atomic E-state index is 12.7. The molecule has 7 nitrogen and oxygen atoms in total. The zero-order valence-corrected chi connectivity index (χ0v) is 18.3. The number of benzene rings is 1. The van der Waals surface area contributed by atoms with Crippen molar-refractivity contribution in [2.24, 2.45) is 0 Å². The third-order valence-corrected chi connectivity index (χ3v) is 9.96. The molecule has 1 aromatic rings. The highest BCUT2D eigenvalue weighted by molar-refractivity contribution is 7.92. The second-order valence-electron chi connectivity index (χ2n) is 7.91. The first-order valence-corrected chi connectivity index (χ1v) is 13.5. The minimum Gasteiger partial charge on any atom is -0.352 e. The Morgan fingerprint density at radius 2 is 1.55 bits per heavy atom. The van der Waals surface area contributed by atoms with Crippen molar-refractivity contribution in [1.82, 2.24) is 9.62 Å². The van der Waals surface area contributed by atoms with Crippen LogP contribution >= 0.6 is 0 Å². The van der Waals surface area contributed by atoms with Crippen LogP contribution in [0.15, 0.2) is 29.2 Å². The molecule has 1 aromatic carbocycles. The van der Waals surface area contributed by atoms with Crippen LogP contribution in [-0.2, 0) is 31.2 Å². The Morgan fingerprint density at radius 1 is 0.931 bits per heavy atom. The SMILES string of the molecule is O=C(CCS(=O)(=O)C1CCCC1)NCc1ccc(S(=O)(=O)N2CCCCC2)cc1. The molecule has 1 saturated heterocycles. The van der Waals surface area contributed by atoms with E-state index in [1.165, 1.54) is 4.31 Å². The van der Waals surface area contributed by atoms with Gasteiger partial charge in [0, 0.05) is 26.1 Å². The lowest BCUT2D eigenvalue weighted by atomic mass is 10.2. The highest BCUT2D eigenvalue weighted by atomic mass is 32.2. The third kappa shape index (κ3) is 5.79. The molecule has 2 aliphatic rings. The van der Waals surface area contributed by atoms with E-state index in [0.29, 0.717) is 25.9 Å². The summed E-state index contributed by atoms with van der Waals surface area (Å²) in [5.41, 5.74) is 0.773. The summed E-state index contributed by atoms with van der Waals surface area (Å²) in [5, 5.41) is 2.43. The quantitative estimate of drug-likeness (QED) is 0.665. The van der Waals surface area contributed by atoms with E-state index in [1.54, 1.807) is 24.3 Å². The molecular weight excluding hydrogens is 412 g/mol. The summed E-state index contributed by atoms with van der Waals surface area (Å²) in [4.78, 5) is 12.3. The van der Waals surface area contributed by atoms with Crippen LogP contribution in [0, 0.1) is 0 Å². The van der Waals surface area contributed by atoms with Gasteiger partial charge >= 0.3 is 0 Å². The number of carbonyl (C=O) groups is 1. The van der Waals surface area contributed by atoms with Crippen molar-refractivity contribution in [2.75, 3.05) is 18.8 Å². The van der Waals surface area contributed by atoms with Gasteiger partial charge in [-0.1, -0.05) is 31.4 Å². The summed E-state index contributed by atoms with van der Waals surface area (Å²) in [6.07, 6.45) is 6.10. The number of nitrogens with one attached hydrogen (secondary N) is 1. The van der Waals surface area contributed by atoms with Crippen molar-refractivity contribution >= 4 is 25.8 Å². The number of amides is 1. The van der Waals surface area contributed by atoms with Gasteiger partial charge in [0.1, 0.15) is 0 Å². The molecule has 1 aliphatic heterocycles. The van der Waals surface area contributed by atoms with Crippen molar-refractivity contribution in [2.45, 2.75) is 68.1 Å². The monoisotopic (exact) mass is 442 g/mol. The average molecular weight is 443 g/mol. The number of hydrogen-bond acceptors (Lipinski definition) is 5. The van der Waals surface area contributed by atoms with Crippen molar-refractivity contribution in [1.29, 1.82) is 0 Å². The fourth-order valence-electron chi connectivity index (χ4n) is 3.97. The van der Waals surface area contributed by atoms with E-state index < -0.39 is 19.9 Å². The van der Waals surface area contributed by atoms with Gasteiger partial charge in [-0.25, -0.2) is 16.8 Å². The lowest BCUT2D eigenvalue weighted by Gasteiger charge is -2.25. The predicted octanol–water partition coefficient (Wildman–Crippen LogP) is 2.22. The highest BCUT2D eigenvalue weighted by Gasteiger charge is 2.29. The van der Waals surface area contributed by atoms with Gasteiger partial charge in [-0.15, -0.1) is 0 Å². The van der Waals surface area contributed by atoms with Gasteiger partial charge in [-0.05, 0) is 43.4 Å². The lowest BCUT2D eigenvalue weighted by Crippen LogP contribution is -2.35. The number of sulfonamides is 1. The Bertz CT molecular complexity index is 899. The number of sulfone groups is 1. The minimum absolute atomic E-state index is 0.0414. The largest absolute Gasteiger partial charge is 0.352 e. The van der Waals surface area contributed by atoms with Gasteiger partial charge in [0.15, 0.2) is 9.84 Å². The van der Waals surface area contributed by atoms with E-state index in [-0.39, 0.29) is 34.8 Å². The fourth-order valence-corrected chi connectivity index (χ4v) is 7.34. The van der Waals surface area contributed by atoms with Crippen molar-refractivity contribution in [3.05, 3.63) is 29.8 Å². The molecule has 0 spiro atoms. The topological polar surface area (TPSA) is 101 Å². The van der Waals surface area contributed by atoms with Crippen LogP contribution in [0.1, 0.15) is 56.9 Å². The standard InChI is InChI=1S/C20H30N2O5S2/c23-20(12-15-28(24,25)18-6-2-3-7-18)21-16-17-8-10-19(11-9-17)29(26,27)22-13-4-1-5-14-22/h8-11,18H,1-7,12-16H2,(H,21,23). The molecule has 0 radical (unpaired) electrons. The molecule has 1 N–H and O–H groups in total. The molecule has 1 heterocycles. The van der Waals surface area contributed by atoms with E-state index in [2.05, 4.69) is 5.32 Å². The molecule has 1 amide bonds. The molecular formula is C20H30N2O5S2. The van der Waals surface area contributed by atoms with Crippen LogP contribution in [-0.4, -0.2) is 51.1 Å². The number of hydrogen-bond donors (Lipinski definition) is 1. The maximum Gasteiger partial charge on any atom is 0.243 e. The first-order chi connectivity index (χ1) is 13.8. The van der Waals surface area contributed by atoms with Crippen LogP contribution in [0.2, 0.25) is 0 Å². The van der Waals surface area contributed by atoms with E-state index >= 15 is 0 Å². The molecule has 0 aromatic heterocycles. The Labute approximate surface area is 173 Å².